The summed E-state index contributed by atoms with van der Waals surface area (Å²) in [4.78, 5) is 13.6. The molecule has 0 N–H and O–H groups in total. The number of rotatable bonds is 4. The quantitative estimate of drug-likeness (QED) is 0.467. The zero-order chi connectivity index (χ0) is 19.8. The van der Waals surface area contributed by atoms with Gasteiger partial charge in [0.2, 0.25) is 5.60 Å². The summed E-state index contributed by atoms with van der Waals surface area (Å²) in [7, 11) is 0. The minimum atomic E-state index is -1.23. The molecule has 142 valence electrons. The van der Waals surface area contributed by atoms with Gasteiger partial charge in [-0.25, -0.2) is 4.79 Å². The summed E-state index contributed by atoms with van der Waals surface area (Å²) < 4.78 is 12.3. The highest BCUT2D eigenvalue weighted by molar-refractivity contribution is 5.89. The average molecular weight is 372 g/mol. The maximum atomic E-state index is 13.6. The summed E-state index contributed by atoms with van der Waals surface area (Å²) >= 11 is 0. The topological polar surface area (TPSA) is 38.8 Å². The standard InChI is InChI=1S/C25H24O3/c1-23(2,3)27-22(26)25(21-17-11-6-12-18-21)24(28-25,19-13-7-4-8-14-19)20-15-9-5-10-16-20/h4-18H,1-3H3. The molecule has 0 aromatic heterocycles. The molecule has 28 heavy (non-hydrogen) atoms. The Balaban J connectivity index is 1.95. The third-order valence-corrected chi connectivity index (χ3v) is 4.99. The lowest BCUT2D eigenvalue weighted by atomic mass is 9.77. The fourth-order valence-electron chi connectivity index (χ4n) is 3.83. The largest absolute Gasteiger partial charge is 0.457 e. The van der Waals surface area contributed by atoms with E-state index in [0.717, 1.165) is 16.7 Å². The zero-order valence-electron chi connectivity index (χ0n) is 16.4. The molecule has 1 aliphatic rings. The van der Waals surface area contributed by atoms with Crippen LogP contribution in [0.2, 0.25) is 0 Å². The van der Waals surface area contributed by atoms with Crippen molar-refractivity contribution in [2.24, 2.45) is 0 Å². The third kappa shape index (κ3) is 2.83. The molecule has 4 rings (SSSR count). The van der Waals surface area contributed by atoms with Crippen LogP contribution < -0.4 is 0 Å². The average Bonchev–Trinajstić information content (AvgIpc) is 3.42. The molecule has 1 unspecified atom stereocenters. The lowest BCUT2D eigenvalue weighted by Gasteiger charge is -2.25. The number of carbonyl (C=O) groups excluding carboxylic acids is 1. The molecule has 1 aliphatic heterocycles. The molecule has 1 heterocycles. The van der Waals surface area contributed by atoms with Crippen LogP contribution in [-0.4, -0.2) is 11.6 Å². The molecular formula is C25H24O3. The molecule has 3 aromatic carbocycles. The van der Waals surface area contributed by atoms with E-state index in [1.807, 2.05) is 112 Å². The van der Waals surface area contributed by atoms with Crippen molar-refractivity contribution in [2.75, 3.05) is 0 Å². The Bertz CT molecular complexity index is 919. The minimum absolute atomic E-state index is 0.376. The lowest BCUT2D eigenvalue weighted by Crippen LogP contribution is -2.37. The van der Waals surface area contributed by atoms with Crippen molar-refractivity contribution >= 4 is 5.97 Å². The first kappa shape index (κ1) is 18.5. The minimum Gasteiger partial charge on any atom is -0.457 e. The van der Waals surface area contributed by atoms with Crippen LogP contribution in [0.15, 0.2) is 91.0 Å². The molecule has 0 bridgehead atoms. The number of hydrogen-bond donors (Lipinski definition) is 0. The summed E-state index contributed by atoms with van der Waals surface area (Å²) in [6.45, 7) is 5.62. The Morgan fingerprint density at radius 3 is 1.50 bits per heavy atom. The van der Waals surface area contributed by atoms with Gasteiger partial charge in [-0.05, 0) is 37.5 Å². The van der Waals surface area contributed by atoms with Crippen LogP contribution in [0, 0.1) is 0 Å². The zero-order valence-corrected chi connectivity index (χ0v) is 16.4. The lowest BCUT2D eigenvalue weighted by molar-refractivity contribution is -0.162. The van der Waals surface area contributed by atoms with Crippen LogP contribution in [0.1, 0.15) is 37.5 Å². The van der Waals surface area contributed by atoms with E-state index in [2.05, 4.69) is 0 Å². The molecule has 0 amide bonds. The molecule has 3 heteroatoms. The number of ether oxygens (including phenoxy) is 2. The maximum Gasteiger partial charge on any atom is 0.347 e. The Morgan fingerprint density at radius 1 is 0.714 bits per heavy atom. The van der Waals surface area contributed by atoms with Gasteiger partial charge >= 0.3 is 5.97 Å². The van der Waals surface area contributed by atoms with Crippen molar-refractivity contribution in [2.45, 2.75) is 37.6 Å². The Labute approximate surface area is 165 Å². The normalized spacial score (nSPS) is 20.4. The van der Waals surface area contributed by atoms with E-state index < -0.39 is 16.8 Å². The molecule has 0 saturated carbocycles. The summed E-state index contributed by atoms with van der Waals surface area (Å²) in [5.41, 5.74) is -0.142. The summed E-state index contributed by atoms with van der Waals surface area (Å²) in [5, 5.41) is 0. The fraction of sp³-hybridized carbons (Fsp3) is 0.240. The van der Waals surface area contributed by atoms with Crippen LogP contribution in [0.3, 0.4) is 0 Å². The van der Waals surface area contributed by atoms with Gasteiger partial charge in [0.1, 0.15) is 5.60 Å². The van der Waals surface area contributed by atoms with Gasteiger partial charge in [-0.2, -0.15) is 0 Å². The monoisotopic (exact) mass is 372 g/mol. The molecule has 3 aromatic rings. The van der Waals surface area contributed by atoms with Crippen molar-refractivity contribution in [1.29, 1.82) is 0 Å². The van der Waals surface area contributed by atoms with Crippen LogP contribution in [-0.2, 0) is 25.5 Å². The molecule has 0 aliphatic carbocycles. The van der Waals surface area contributed by atoms with Crippen LogP contribution in [0.25, 0.3) is 0 Å². The van der Waals surface area contributed by atoms with Gasteiger partial charge < -0.3 is 9.47 Å². The van der Waals surface area contributed by atoms with E-state index in [1.54, 1.807) is 0 Å². The van der Waals surface area contributed by atoms with Crippen LogP contribution in [0.5, 0.6) is 0 Å². The molecule has 1 saturated heterocycles. The van der Waals surface area contributed by atoms with E-state index in [1.165, 1.54) is 0 Å². The molecular weight excluding hydrogens is 348 g/mol. The molecule has 0 spiro atoms. The second-order valence-corrected chi connectivity index (χ2v) is 8.06. The summed E-state index contributed by atoms with van der Waals surface area (Å²) in [6, 6.07) is 29.4. The predicted octanol–water partition coefficient (Wildman–Crippen LogP) is 5.20. The third-order valence-electron chi connectivity index (χ3n) is 4.99. The first-order chi connectivity index (χ1) is 13.4. The number of esters is 1. The highest BCUT2D eigenvalue weighted by Gasteiger charge is 2.78. The highest BCUT2D eigenvalue weighted by atomic mass is 16.7. The summed E-state index contributed by atoms with van der Waals surface area (Å²) in [5.74, 6) is -0.376. The molecule has 0 radical (unpaired) electrons. The van der Waals surface area contributed by atoms with Crippen LogP contribution in [0.4, 0.5) is 0 Å². The van der Waals surface area contributed by atoms with Crippen molar-refractivity contribution in [3.63, 3.8) is 0 Å². The molecule has 1 fully saturated rings. The van der Waals surface area contributed by atoms with Gasteiger partial charge in [-0.1, -0.05) is 91.0 Å². The van der Waals surface area contributed by atoms with E-state index in [0.29, 0.717) is 0 Å². The van der Waals surface area contributed by atoms with E-state index in [4.69, 9.17) is 9.47 Å². The first-order valence-electron chi connectivity index (χ1n) is 9.50. The second-order valence-electron chi connectivity index (χ2n) is 8.06. The van der Waals surface area contributed by atoms with E-state index in [9.17, 15) is 4.79 Å². The number of carbonyl (C=O) groups is 1. The first-order valence-corrected chi connectivity index (χ1v) is 9.50. The van der Waals surface area contributed by atoms with Crippen molar-refractivity contribution in [3.05, 3.63) is 108 Å². The number of epoxide rings is 1. The van der Waals surface area contributed by atoms with Gasteiger partial charge in [0.15, 0.2) is 5.60 Å². The number of benzene rings is 3. The molecule has 1 atom stereocenters. The van der Waals surface area contributed by atoms with Crippen molar-refractivity contribution in [1.82, 2.24) is 0 Å². The number of hydrogen-bond acceptors (Lipinski definition) is 3. The van der Waals surface area contributed by atoms with E-state index in [-0.39, 0.29) is 5.97 Å². The summed E-state index contributed by atoms with van der Waals surface area (Å²) in [6.07, 6.45) is 0. The van der Waals surface area contributed by atoms with Gasteiger partial charge in [-0.15, -0.1) is 0 Å². The Kier molecular flexibility index (Phi) is 4.35. The smallest absolute Gasteiger partial charge is 0.347 e. The van der Waals surface area contributed by atoms with Gasteiger partial charge in [0.25, 0.3) is 0 Å². The highest BCUT2D eigenvalue weighted by Crippen LogP contribution is 2.66. The van der Waals surface area contributed by atoms with Gasteiger partial charge in [0.05, 0.1) is 0 Å². The van der Waals surface area contributed by atoms with Gasteiger partial charge in [0, 0.05) is 0 Å². The molecule has 3 nitrogen and oxygen atoms in total. The Hall–Kier alpha value is -2.91. The van der Waals surface area contributed by atoms with Crippen LogP contribution >= 0.6 is 0 Å². The Morgan fingerprint density at radius 2 is 1.11 bits per heavy atom. The SMILES string of the molecule is CC(C)(C)OC(=O)C1(c2ccccc2)OC1(c1ccccc1)c1ccccc1. The van der Waals surface area contributed by atoms with E-state index >= 15 is 0 Å². The van der Waals surface area contributed by atoms with Crippen molar-refractivity contribution < 1.29 is 14.3 Å². The second kappa shape index (κ2) is 6.61. The van der Waals surface area contributed by atoms with Gasteiger partial charge in [-0.3, -0.25) is 0 Å². The van der Waals surface area contributed by atoms with Crippen molar-refractivity contribution in [3.8, 4) is 0 Å². The fourth-order valence-corrected chi connectivity index (χ4v) is 3.83. The maximum absolute atomic E-state index is 13.6. The predicted molar refractivity (Wildman–Crippen MR) is 109 cm³/mol.